The third kappa shape index (κ3) is 4.55. The normalized spacial score (nSPS) is 10.6. The van der Waals surface area contributed by atoms with E-state index in [1.807, 2.05) is 77.6 Å². The van der Waals surface area contributed by atoms with Crippen molar-refractivity contribution in [3.8, 4) is 28.6 Å². The van der Waals surface area contributed by atoms with Crippen LogP contribution in [-0.2, 0) is 16.0 Å². The van der Waals surface area contributed by atoms with E-state index in [1.54, 1.807) is 19.3 Å². The monoisotopic (exact) mass is 399 g/mol. The van der Waals surface area contributed by atoms with E-state index in [0.717, 1.165) is 16.9 Å². The predicted octanol–water partition coefficient (Wildman–Crippen LogP) is 4.83. The zero-order valence-electron chi connectivity index (χ0n) is 16.6. The Balaban J connectivity index is 1.60. The molecule has 4 rings (SSSR count). The highest BCUT2D eigenvalue weighted by Crippen LogP contribution is 2.32. The summed E-state index contributed by atoms with van der Waals surface area (Å²) in [5, 5.41) is 0. The fourth-order valence-electron chi connectivity index (χ4n) is 3.06. The van der Waals surface area contributed by atoms with Crippen LogP contribution in [0.5, 0.6) is 11.5 Å². The van der Waals surface area contributed by atoms with Crippen molar-refractivity contribution in [2.24, 2.45) is 0 Å². The highest BCUT2D eigenvalue weighted by molar-refractivity contribution is 5.72. The van der Waals surface area contributed by atoms with Gasteiger partial charge in [0.2, 0.25) is 0 Å². The maximum Gasteiger partial charge on any atom is 0.310 e. The zero-order valence-corrected chi connectivity index (χ0v) is 16.6. The minimum Gasteiger partial charge on any atom is -0.466 e. The van der Waals surface area contributed by atoms with Crippen molar-refractivity contribution in [3.05, 3.63) is 91.0 Å². The fraction of sp³-hybridized carbons (Fsp3) is 0.125. The lowest BCUT2D eigenvalue weighted by atomic mass is 10.1. The van der Waals surface area contributed by atoms with Crippen molar-refractivity contribution in [3.63, 3.8) is 0 Å². The molecule has 2 heterocycles. The molecule has 4 aromatic rings. The van der Waals surface area contributed by atoms with E-state index in [4.69, 9.17) is 14.5 Å². The van der Waals surface area contributed by atoms with Gasteiger partial charge < -0.3 is 14.0 Å². The van der Waals surface area contributed by atoms with Gasteiger partial charge >= 0.3 is 5.97 Å². The lowest BCUT2D eigenvalue weighted by molar-refractivity contribution is -0.142. The Hall–Kier alpha value is -3.93. The average Bonchev–Trinajstić information content (AvgIpc) is 3.23. The van der Waals surface area contributed by atoms with E-state index in [2.05, 4.69) is 4.98 Å². The Morgan fingerprint density at radius 2 is 1.80 bits per heavy atom. The Kier molecular flexibility index (Phi) is 5.85. The molecular weight excluding hydrogens is 378 g/mol. The smallest absolute Gasteiger partial charge is 0.310 e. The summed E-state index contributed by atoms with van der Waals surface area (Å²) >= 11 is 0. The van der Waals surface area contributed by atoms with E-state index >= 15 is 0 Å². The summed E-state index contributed by atoms with van der Waals surface area (Å²) in [7, 11) is 0. The molecule has 0 saturated heterocycles. The number of benzene rings is 2. The van der Waals surface area contributed by atoms with E-state index in [0.29, 0.717) is 23.9 Å². The minimum absolute atomic E-state index is 0.224. The van der Waals surface area contributed by atoms with Crippen LogP contribution in [0.25, 0.3) is 17.1 Å². The van der Waals surface area contributed by atoms with Crippen LogP contribution in [0.4, 0.5) is 0 Å². The molecule has 0 aliphatic heterocycles. The number of aromatic nitrogens is 3. The molecule has 6 heteroatoms. The summed E-state index contributed by atoms with van der Waals surface area (Å²) in [5.74, 6) is 1.85. The van der Waals surface area contributed by atoms with E-state index in [-0.39, 0.29) is 12.4 Å². The van der Waals surface area contributed by atoms with Gasteiger partial charge in [0.15, 0.2) is 5.82 Å². The largest absolute Gasteiger partial charge is 0.466 e. The van der Waals surface area contributed by atoms with Gasteiger partial charge in [0.05, 0.1) is 31.1 Å². The van der Waals surface area contributed by atoms with Crippen molar-refractivity contribution in [2.45, 2.75) is 13.3 Å². The lowest BCUT2D eigenvalue weighted by Gasteiger charge is -2.11. The fourth-order valence-corrected chi connectivity index (χ4v) is 3.06. The molecule has 0 fully saturated rings. The van der Waals surface area contributed by atoms with Crippen molar-refractivity contribution < 1.29 is 14.3 Å². The number of nitrogens with zero attached hydrogens (tertiary/aromatic N) is 3. The number of hydrogen-bond donors (Lipinski definition) is 0. The second-order valence-corrected chi connectivity index (χ2v) is 6.58. The van der Waals surface area contributed by atoms with Crippen LogP contribution >= 0.6 is 0 Å². The molecule has 2 aromatic heterocycles. The maximum atomic E-state index is 11.7. The van der Waals surface area contributed by atoms with Gasteiger partial charge in [0.25, 0.3) is 0 Å². The Morgan fingerprint density at radius 3 is 2.63 bits per heavy atom. The standard InChI is InChI=1S/C24H21N3O3/c1-2-29-24(28)14-18-12-13-27(17-18)23-16-25-15-21(26-23)20-10-6-7-11-22(20)30-19-8-4-3-5-9-19/h3-13,15-17H,2,14H2,1H3. The molecule has 0 N–H and O–H groups in total. The SMILES string of the molecule is CCOC(=O)Cc1ccn(-c2cncc(-c3ccccc3Oc3ccccc3)n2)c1. The number of ether oxygens (including phenoxy) is 2. The molecule has 0 aliphatic rings. The molecule has 0 unspecified atom stereocenters. The number of para-hydroxylation sites is 2. The van der Waals surface area contributed by atoms with Crippen LogP contribution < -0.4 is 4.74 Å². The summed E-state index contributed by atoms with van der Waals surface area (Å²) in [6, 6.07) is 19.2. The van der Waals surface area contributed by atoms with Crippen molar-refractivity contribution in [2.75, 3.05) is 6.61 Å². The molecule has 0 spiro atoms. The molecule has 2 aromatic carbocycles. The van der Waals surface area contributed by atoms with Gasteiger partial charge in [-0.05, 0) is 42.8 Å². The maximum absolute atomic E-state index is 11.7. The second-order valence-electron chi connectivity index (χ2n) is 6.58. The molecule has 0 aliphatic carbocycles. The lowest BCUT2D eigenvalue weighted by Crippen LogP contribution is -2.06. The van der Waals surface area contributed by atoms with Crippen LogP contribution in [0.15, 0.2) is 85.5 Å². The molecule has 0 radical (unpaired) electrons. The topological polar surface area (TPSA) is 66.2 Å². The van der Waals surface area contributed by atoms with E-state index in [1.165, 1.54) is 0 Å². The number of esters is 1. The summed E-state index contributed by atoms with van der Waals surface area (Å²) in [6.07, 6.45) is 7.32. The van der Waals surface area contributed by atoms with Crippen molar-refractivity contribution >= 4 is 5.97 Å². The Labute approximate surface area is 174 Å². The molecule has 150 valence electrons. The Bertz CT molecular complexity index is 1140. The minimum atomic E-state index is -0.248. The first-order chi connectivity index (χ1) is 14.7. The van der Waals surface area contributed by atoms with Crippen molar-refractivity contribution in [1.29, 1.82) is 0 Å². The second kappa shape index (κ2) is 9.05. The summed E-state index contributed by atoms with van der Waals surface area (Å²) in [4.78, 5) is 20.8. The number of carbonyl (C=O) groups is 1. The molecule has 0 saturated carbocycles. The number of carbonyl (C=O) groups excluding carboxylic acids is 1. The third-order valence-electron chi connectivity index (χ3n) is 4.43. The van der Waals surface area contributed by atoms with Gasteiger partial charge in [-0.2, -0.15) is 0 Å². The highest BCUT2D eigenvalue weighted by atomic mass is 16.5. The molecular formula is C24H21N3O3. The van der Waals surface area contributed by atoms with E-state index < -0.39 is 0 Å². The van der Waals surface area contributed by atoms with Gasteiger partial charge in [-0.1, -0.05) is 30.3 Å². The quantitative estimate of drug-likeness (QED) is 0.416. The summed E-state index contributed by atoms with van der Waals surface area (Å²) < 4.78 is 12.9. The average molecular weight is 399 g/mol. The molecule has 0 bridgehead atoms. The van der Waals surface area contributed by atoms with E-state index in [9.17, 15) is 4.79 Å². The van der Waals surface area contributed by atoms with Crippen LogP contribution in [0.1, 0.15) is 12.5 Å². The number of rotatable bonds is 7. The molecule has 30 heavy (non-hydrogen) atoms. The highest BCUT2D eigenvalue weighted by Gasteiger charge is 2.11. The first-order valence-corrected chi connectivity index (χ1v) is 9.70. The van der Waals surface area contributed by atoms with Gasteiger partial charge in [-0.3, -0.25) is 9.78 Å². The van der Waals surface area contributed by atoms with Crippen LogP contribution in [-0.4, -0.2) is 27.1 Å². The summed E-state index contributed by atoms with van der Waals surface area (Å²) in [6.45, 7) is 2.17. The zero-order chi connectivity index (χ0) is 20.8. The van der Waals surface area contributed by atoms with Crippen molar-refractivity contribution in [1.82, 2.24) is 14.5 Å². The predicted molar refractivity (Wildman–Crippen MR) is 114 cm³/mol. The first kappa shape index (κ1) is 19.4. The molecule has 0 amide bonds. The van der Waals surface area contributed by atoms with Gasteiger partial charge in [0.1, 0.15) is 11.5 Å². The van der Waals surface area contributed by atoms with Crippen LogP contribution in [0, 0.1) is 0 Å². The third-order valence-corrected chi connectivity index (χ3v) is 4.43. The summed E-state index contributed by atoms with van der Waals surface area (Å²) in [5.41, 5.74) is 2.39. The van der Waals surface area contributed by atoms with Gasteiger partial charge in [-0.15, -0.1) is 0 Å². The van der Waals surface area contributed by atoms with Crippen LogP contribution in [0.2, 0.25) is 0 Å². The van der Waals surface area contributed by atoms with Gasteiger partial charge in [-0.25, -0.2) is 4.98 Å². The first-order valence-electron chi connectivity index (χ1n) is 9.70. The Morgan fingerprint density at radius 1 is 1.00 bits per heavy atom. The number of hydrogen-bond acceptors (Lipinski definition) is 5. The van der Waals surface area contributed by atoms with Gasteiger partial charge in [0, 0.05) is 18.0 Å². The van der Waals surface area contributed by atoms with Crippen LogP contribution in [0.3, 0.4) is 0 Å². The molecule has 6 nitrogen and oxygen atoms in total. The molecule has 0 atom stereocenters.